The molecule has 0 amide bonds. The van der Waals surface area contributed by atoms with Crippen LogP contribution in [-0.2, 0) is 0 Å². The summed E-state index contributed by atoms with van der Waals surface area (Å²) in [5.74, 6) is -0.487. The van der Waals surface area contributed by atoms with Crippen molar-refractivity contribution in [3.63, 3.8) is 0 Å². The molecular weight excluding hydrogens is 240 g/mol. The lowest BCUT2D eigenvalue weighted by Gasteiger charge is -2.28. The van der Waals surface area contributed by atoms with Crippen molar-refractivity contribution in [3.05, 3.63) is 0 Å². The summed E-state index contributed by atoms with van der Waals surface area (Å²) >= 11 is 10.2. The summed E-state index contributed by atoms with van der Waals surface area (Å²) < 4.78 is 33.8. The van der Waals surface area contributed by atoms with Gasteiger partial charge in [0.25, 0.3) is 0 Å². The lowest BCUT2D eigenvalue weighted by Crippen LogP contribution is -2.46. The number of halogens is 5. The summed E-state index contributed by atoms with van der Waals surface area (Å²) in [7, 11) is 0. The third kappa shape index (κ3) is 1.97. The highest BCUT2D eigenvalue weighted by Crippen LogP contribution is 2.59. The summed E-state index contributed by atoms with van der Waals surface area (Å²) in [5, 5.41) is 9.40. The smallest absolute Gasteiger partial charge is 0.389 e. The van der Waals surface area contributed by atoms with Crippen molar-refractivity contribution in [1.82, 2.24) is 0 Å². The Morgan fingerprint density at radius 3 is 1.93 bits per heavy atom. The van der Waals surface area contributed by atoms with E-state index in [1.54, 1.807) is 13.8 Å². The van der Waals surface area contributed by atoms with Crippen molar-refractivity contribution in [2.24, 2.45) is 11.3 Å². The maximum absolute atomic E-state index is 12.3. The maximum Gasteiger partial charge on any atom is 0.424 e. The summed E-state index contributed by atoms with van der Waals surface area (Å²) in [5.41, 5.74) is -0.306. The lowest BCUT2D eigenvalue weighted by molar-refractivity contribution is -0.165. The van der Waals surface area contributed by atoms with Crippen LogP contribution < -0.4 is 0 Å². The highest BCUT2D eigenvalue weighted by Gasteiger charge is 2.65. The summed E-state index contributed by atoms with van der Waals surface area (Å²) in [6.45, 7) is 3.53. The fourth-order valence-electron chi connectivity index (χ4n) is 1.47. The van der Waals surface area contributed by atoms with Gasteiger partial charge in [-0.15, -0.1) is 0 Å². The molecule has 1 rings (SSSR count). The SMILES string of the molecule is CC1(C)CC1C(O)C(Cl)(Cl)C(F)(F)F. The molecule has 14 heavy (non-hydrogen) atoms. The molecule has 0 aromatic heterocycles. The molecule has 0 aromatic rings. The van der Waals surface area contributed by atoms with Crippen LogP contribution in [0.2, 0.25) is 0 Å². The van der Waals surface area contributed by atoms with Gasteiger partial charge >= 0.3 is 6.18 Å². The topological polar surface area (TPSA) is 20.2 Å². The van der Waals surface area contributed by atoms with Gasteiger partial charge in [0.1, 0.15) is 0 Å². The summed E-state index contributed by atoms with van der Waals surface area (Å²) in [6.07, 6.45) is -6.07. The lowest BCUT2D eigenvalue weighted by atomic mass is 10.0. The van der Waals surface area contributed by atoms with Gasteiger partial charge in [0, 0.05) is 0 Å². The van der Waals surface area contributed by atoms with E-state index in [0.29, 0.717) is 6.42 Å². The van der Waals surface area contributed by atoms with Crippen molar-refractivity contribution in [3.8, 4) is 0 Å². The van der Waals surface area contributed by atoms with Crippen LogP contribution in [0.15, 0.2) is 0 Å². The zero-order valence-corrected chi connectivity index (χ0v) is 9.21. The number of hydrogen-bond donors (Lipinski definition) is 1. The maximum atomic E-state index is 12.3. The normalized spacial score (nSPS) is 28.7. The molecule has 0 spiro atoms. The quantitative estimate of drug-likeness (QED) is 0.747. The van der Waals surface area contributed by atoms with Gasteiger partial charge in [-0.05, 0) is 17.8 Å². The van der Waals surface area contributed by atoms with Gasteiger partial charge in [-0.25, -0.2) is 0 Å². The van der Waals surface area contributed by atoms with E-state index in [9.17, 15) is 18.3 Å². The van der Waals surface area contributed by atoms with Crippen LogP contribution in [0, 0.1) is 11.3 Å². The Morgan fingerprint density at radius 1 is 1.36 bits per heavy atom. The van der Waals surface area contributed by atoms with Gasteiger partial charge in [-0.2, -0.15) is 13.2 Å². The van der Waals surface area contributed by atoms with Gasteiger partial charge in [0.05, 0.1) is 6.10 Å². The van der Waals surface area contributed by atoms with E-state index in [1.165, 1.54) is 0 Å². The van der Waals surface area contributed by atoms with Crippen LogP contribution in [0.25, 0.3) is 0 Å². The predicted octanol–water partition coefficient (Wildman–Crippen LogP) is 3.13. The minimum Gasteiger partial charge on any atom is -0.389 e. The Hall–Kier alpha value is 0.330. The third-order valence-electron chi connectivity index (χ3n) is 2.72. The molecule has 1 saturated carbocycles. The van der Waals surface area contributed by atoms with Gasteiger partial charge in [0.15, 0.2) is 0 Å². The zero-order chi connectivity index (χ0) is 11.4. The summed E-state index contributed by atoms with van der Waals surface area (Å²) in [4.78, 5) is 0. The first-order chi connectivity index (χ1) is 6.00. The highest BCUT2D eigenvalue weighted by molar-refractivity contribution is 6.49. The zero-order valence-electron chi connectivity index (χ0n) is 7.70. The molecule has 1 aliphatic rings. The molecule has 1 N–H and O–H groups in total. The minimum atomic E-state index is -4.81. The third-order valence-corrected chi connectivity index (χ3v) is 3.60. The molecule has 0 radical (unpaired) electrons. The van der Waals surface area contributed by atoms with Crippen molar-refractivity contribution >= 4 is 23.2 Å². The fraction of sp³-hybridized carbons (Fsp3) is 1.00. The molecule has 0 aliphatic heterocycles. The average Bonchev–Trinajstić information content (AvgIpc) is 2.55. The number of aliphatic hydroxyl groups excluding tert-OH is 1. The van der Waals surface area contributed by atoms with Crippen LogP contribution in [0.4, 0.5) is 13.2 Å². The predicted molar refractivity (Wildman–Crippen MR) is 48.4 cm³/mol. The van der Waals surface area contributed by atoms with Crippen LogP contribution in [0.5, 0.6) is 0 Å². The van der Waals surface area contributed by atoms with Crippen molar-refractivity contribution in [2.45, 2.75) is 36.9 Å². The second-order valence-electron chi connectivity index (χ2n) is 4.36. The highest BCUT2D eigenvalue weighted by atomic mass is 35.5. The van der Waals surface area contributed by atoms with Crippen molar-refractivity contribution < 1.29 is 18.3 Å². The van der Waals surface area contributed by atoms with Crippen LogP contribution >= 0.6 is 23.2 Å². The largest absolute Gasteiger partial charge is 0.424 e. The number of aliphatic hydroxyl groups is 1. The van der Waals surface area contributed by atoms with Crippen molar-refractivity contribution in [2.75, 3.05) is 0 Å². The van der Waals surface area contributed by atoms with Gasteiger partial charge in [0.2, 0.25) is 4.33 Å². The molecule has 6 heteroatoms. The second-order valence-corrected chi connectivity index (χ2v) is 5.75. The van der Waals surface area contributed by atoms with E-state index in [1.807, 2.05) is 0 Å². The van der Waals surface area contributed by atoms with Crippen LogP contribution in [-0.4, -0.2) is 21.7 Å². The van der Waals surface area contributed by atoms with E-state index >= 15 is 0 Å². The molecule has 0 aromatic carbocycles. The molecule has 2 atom stereocenters. The Bertz CT molecular complexity index is 237. The van der Waals surface area contributed by atoms with E-state index in [0.717, 1.165) is 0 Å². The molecule has 84 valence electrons. The molecule has 0 bridgehead atoms. The van der Waals surface area contributed by atoms with Crippen LogP contribution in [0.3, 0.4) is 0 Å². The number of hydrogen-bond acceptors (Lipinski definition) is 1. The summed E-state index contributed by atoms with van der Waals surface area (Å²) in [6, 6.07) is 0. The van der Waals surface area contributed by atoms with Crippen LogP contribution in [0.1, 0.15) is 20.3 Å². The molecule has 1 nitrogen and oxygen atoms in total. The van der Waals surface area contributed by atoms with Crippen molar-refractivity contribution in [1.29, 1.82) is 0 Å². The molecule has 0 saturated heterocycles. The second kappa shape index (κ2) is 3.16. The monoisotopic (exact) mass is 250 g/mol. The Balaban J connectivity index is 2.75. The first-order valence-electron chi connectivity index (χ1n) is 4.13. The van der Waals surface area contributed by atoms with Gasteiger partial charge in [-0.1, -0.05) is 37.0 Å². The van der Waals surface area contributed by atoms with E-state index < -0.39 is 22.5 Å². The minimum absolute atomic E-state index is 0.306. The fourth-order valence-corrected chi connectivity index (χ4v) is 1.77. The molecule has 2 unspecified atom stereocenters. The molecular formula is C8H11Cl2F3O. The Morgan fingerprint density at radius 2 is 1.71 bits per heavy atom. The van der Waals surface area contributed by atoms with E-state index in [-0.39, 0.29) is 5.41 Å². The molecule has 1 fully saturated rings. The average molecular weight is 251 g/mol. The van der Waals surface area contributed by atoms with Gasteiger partial charge < -0.3 is 5.11 Å². The first-order valence-corrected chi connectivity index (χ1v) is 4.88. The molecule has 1 aliphatic carbocycles. The van der Waals surface area contributed by atoms with E-state index in [4.69, 9.17) is 23.2 Å². The number of rotatable bonds is 2. The van der Waals surface area contributed by atoms with Gasteiger partial charge in [-0.3, -0.25) is 0 Å². The Labute approximate surface area is 90.2 Å². The first kappa shape index (κ1) is 12.4. The number of alkyl halides is 5. The standard InChI is InChI=1S/C8H11Cl2F3O/c1-6(2)3-4(6)5(14)7(9,10)8(11,12)13/h4-5,14H,3H2,1-2H3. The molecule has 0 heterocycles. The van der Waals surface area contributed by atoms with E-state index in [2.05, 4.69) is 0 Å². The Kier molecular flexibility index (Phi) is 2.80.